The van der Waals surface area contributed by atoms with Crippen molar-refractivity contribution in [1.29, 1.82) is 0 Å². The van der Waals surface area contributed by atoms with E-state index in [1.54, 1.807) is 42.3 Å². The van der Waals surface area contributed by atoms with Gasteiger partial charge in [0, 0.05) is 82.2 Å². The number of methoxy groups -OCH3 is 1. The second-order valence-corrected chi connectivity index (χ2v) is 12.1. The van der Waals surface area contributed by atoms with Crippen LogP contribution >= 0.6 is 22.7 Å². The first-order valence-corrected chi connectivity index (χ1v) is 15.3. The minimum Gasteiger partial charge on any atom is -0.495 e. The summed E-state index contributed by atoms with van der Waals surface area (Å²) in [6.07, 6.45) is 6.35. The maximum atomic E-state index is 12.1. The Balaban J connectivity index is 1.27. The Labute approximate surface area is 247 Å². The predicted octanol–water partition coefficient (Wildman–Crippen LogP) is 3.80. The van der Waals surface area contributed by atoms with Crippen LogP contribution in [0.2, 0.25) is 0 Å². The molecular formula is C28H33N9O2S2. The summed E-state index contributed by atoms with van der Waals surface area (Å²) in [6.45, 7) is 5.44. The number of likely N-dealkylation sites (N-methyl/N-ethyl adjacent to an activating group) is 1. The summed E-state index contributed by atoms with van der Waals surface area (Å²) in [5.74, 6) is 1.36. The molecule has 0 aliphatic carbocycles. The maximum absolute atomic E-state index is 12.1. The Bertz CT molecular complexity index is 1500. The van der Waals surface area contributed by atoms with Crippen LogP contribution in [0, 0.1) is 5.92 Å². The molecule has 1 atom stereocenters. The van der Waals surface area contributed by atoms with Gasteiger partial charge in [-0.15, -0.1) is 11.3 Å². The molecule has 13 heteroatoms. The van der Waals surface area contributed by atoms with Crippen molar-refractivity contribution in [3.63, 3.8) is 0 Å². The lowest BCUT2D eigenvalue weighted by atomic mass is 10.1. The molecular weight excluding hydrogens is 559 g/mol. The minimum absolute atomic E-state index is 0.0189. The second kappa shape index (κ2) is 12.0. The highest BCUT2D eigenvalue weighted by Gasteiger charge is 2.29. The van der Waals surface area contributed by atoms with Crippen LogP contribution in [-0.4, -0.2) is 91.2 Å². The van der Waals surface area contributed by atoms with Gasteiger partial charge in [-0.1, -0.05) is 11.3 Å². The molecule has 3 aromatic heterocycles. The van der Waals surface area contributed by atoms with E-state index in [4.69, 9.17) is 14.7 Å². The number of hydrogen-bond donors (Lipinski definition) is 2. The molecule has 0 bridgehead atoms. The summed E-state index contributed by atoms with van der Waals surface area (Å²) < 4.78 is 5.77. The number of piperazine rings is 1. The van der Waals surface area contributed by atoms with Crippen molar-refractivity contribution in [3.05, 3.63) is 42.3 Å². The van der Waals surface area contributed by atoms with Gasteiger partial charge in [-0.05, 0) is 25.6 Å². The van der Waals surface area contributed by atoms with Crippen LogP contribution in [0.5, 0.6) is 5.75 Å². The quantitative estimate of drug-likeness (QED) is 0.314. The monoisotopic (exact) mass is 591 g/mol. The highest BCUT2D eigenvalue weighted by Crippen LogP contribution is 2.39. The number of ether oxygens (including phenoxy) is 1. The van der Waals surface area contributed by atoms with Crippen molar-refractivity contribution < 1.29 is 9.53 Å². The molecule has 41 heavy (non-hydrogen) atoms. The summed E-state index contributed by atoms with van der Waals surface area (Å²) >= 11 is 3.12. The van der Waals surface area contributed by atoms with E-state index >= 15 is 0 Å². The Hall–Kier alpha value is -3.81. The fraction of sp³-hybridized carbons (Fsp3) is 0.393. The maximum Gasteiger partial charge on any atom is 0.227 e. The molecule has 2 aliphatic heterocycles. The van der Waals surface area contributed by atoms with E-state index in [9.17, 15) is 4.79 Å². The molecule has 5 heterocycles. The number of thiazole rings is 2. The fourth-order valence-corrected chi connectivity index (χ4v) is 6.81. The fourth-order valence-electron chi connectivity index (χ4n) is 5.22. The summed E-state index contributed by atoms with van der Waals surface area (Å²) in [7, 11) is 5.54. The number of hydrogen-bond acceptors (Lipinski definition) is 12. The lowest BCUT2D eigenvalue weighted by molar-refractivity contribution is -0.123. The number of rotatable bonds is 8. The first-order valence-electron chi connectivity index (χ1n) is 13.6. The molecule has 6 rings (SSSR count). The highest BCUT2D eigenvalue weighted by atomic mass is 32.1. The molecule has 0 spiro atoms. The van der Waals surface area contributed by atoms with Crippen molar-refractivity contribution in [2.75, 3.05) is 75.6 Å². The van der Waals surface area contributed by atoms with Gasteiger partial charge in [-0.25, -0.2) is 15.0 Å². The molecule has 2 fully saturated rings. The molecule has 2 N–H and O–H groups in total. The van der Waals surface area contributed by atoms with Gasteiger partial charge >= 0.3 is 0 Å². The van der Waals surface area contributed by atoms with Gasteiger partial charge in [0.1, 0.15) is 5.75 Å². The summed E-state index contributed by atoms with van der Waals surface area (Å²) in [5, 5.41) is 7.03. The zero-order chi connectivity index (χ0) is 28.3. The minimum atomic E-state index is -0.0189. The van der Waals surface area contributed by atoms with Gasteiger partial charge in [-0.2, -0.15) is 0 Å². The van der Waals surface area contributed by atoms with E-state index in [-0.39, 0.29) is 11.8 Å². The smallest absolute Gasteiger partial charge is 0.227 e. The van der Waals surface area contributed by atoms with Crippen LogP contribution < -0.4 is 25.2 Å². The topological polar surface area (TPSA) is 112 Å². The number of carbonyl (C=O) groups excluding carboxylic acids is 1. The Morgan fingerprint density at radius 1 is 1.05 bits per heavy atom. The van der Waals surface area contributed by atoms with Crippen molar-refractivity contribution in [3.8, 4) is 26.8 Å². The van der Waals surface area contributed by atoms with Gasteiger partial charge in [0.05, 0.1) is 39.7 Å². The number of anilines is 4. The third-order valence-electron chi connectivity index (χ3n) is 7.57. The van der Waals surface area contributed by atoms with E-state index in [1.165, 1.54) is 0 Å². The number of benzene rings is 1. The van der Waals surface area contributed by atoms with E-state index in [2.05, 4.69) is 48.4 Å². The number of nitrogens with zero attached hydrogens (tertiary/aromatic N) is 7. The first kappa shape index (κ1) is 27.4. The molecule has 1 aromatic carbocycles. The predicted molar refractivity (Wildman–Crippen MR) is 165 cm³/mol. The highest BCUT2D eigenvalue weighted by molar-refractivity contribution is 7.19. The normalized spacial score (nSPS) is 17.6. The average molecular weight is 592 g/mol. The molecule has 4 aromatic rings. The van der Waals surface area contributed by atoms with Crippen LogP contribution in [0.3, 0.4) is 0 Å². The van der Waals surface area contributed by atoms with Crippen molar-refractivity contribution >= 4 is 51.0 Å². The Morgan fingerprint density at radius 3 is 2.66 bits per heavy atom. The van der Waals surface area contributed by atoms with Crippen molar-refractivity contribution in [1.82, 2.24) is 30.2 Å². The third kappa shape index (κ3) is 5.83. The SMILES string of the molecule is CNC(=O)[C@H]1CCN(c2ncc(-c3nc(Nc4ccc(N5CCN(C)CC5)c(OC)c4)ncc3-c3cncs3)s2)C1. The Kier molecular flexibility index (Phi) is 7.99. The summed E-state index contributed by atoms with van der Waals surface area (Å²) in [5.41, 5.74) is 5.44. The van der Waals surface area contributed by atoms with E-state index in [0.717, 1.165) is 82.4 Å². The molecule has 11 nitrogen and oxygen atoms in total. The zero-order valence-electron chi connectivity index (χ0n) is 23.3. The molecule has 2 aliphatic rings. The van der Waals surface area contributed by atoms with Gasteiger partial charge < -0.3 is 30.1 Å². The van der Waals surface area contributed by atoms with Gasteiger partial charge in [0.2, 0.25) is 11.9 Å². The number of aromatic nitrogens is 4. The van der Waals surface area contributed by atoms with E-state index in [1.807, 2.05) is 30.7 Å². The van der Waals surface area contributed by atoms with Crippen molar-refractivity contribution in [2.24, 2.45) is 5.92 Å². The first-order chi connectivity index (χ1) is 20.0. The lowest BCUT2D eigenvalue weighted by Gasteiger charge is -2.34. The molecule has 0 unspecified atom stereocenters. The molecule has 0 radical (unpaired) electrons. The third-order valence-corrected chi connectivity index (χ3v) is 9.44. The number of amides is 1. The van der Waals surface area contributed by atoms with E-state index in [0.29, 0.717) is 12.5 Å². The molecule has 214 valence electrons. The van der Waals surface area contributed by atoms with Gasteiger partial charge in [0.25, 0.3) is 0 Å². The largest absolute Gasteiger partial charge is 0.495 e. The molecule has 2 saturated heterocycles. The molecule has 1 amide bonds. The summed E-state index contributed by atoms with van der Waals surface area (Å²) in [6, 6.07) is 6.13. The van der Waals surface area contributed by atoms with Crippen molar-refractivity contribution in [2.45, 2.75) is 6.42 Å². The number of nitrogens with one attached hydrogen (secondary N) is 2. The van der Waals surface area contributed by atoms with E-state index < -0.39 is 0 Å². The Morgan fingerprint density at radius 2 is 1.90 bits per heavy atom. The molecule has 0 saturated carbocycles. The van der Waals surface area contributed by atoms with Crippen LogP contribution in [-0.2, 0) is 4.79 Å². The van der Waals surface area contributed by atoms with Crippen LogP contribution in [0.4, 0.5) is 22.5 Å². The average Bonchev–Trinajstić information content (AvgIpc) is 3.79. The van der Waals surface area contributed by atoms with Gasteiger partial charge in [-0.3, -0.25) is 9.78 Å². The number of carbonyl (C=O) groups is 1. The van der Waals surface area contributed by atoms with Crippen LogP contribution in [0.25, 0.3) is 21.0 Å². The van der Waals surface area contributed by atoms with Crippen LogP contribution in [0.15, 0.2) is 42.3 Å². The lowest BCUT2D eigenvalue weighted by Crippen LogP contribution is -2.44. The second-order valence-electron chi connectivity index (χ2n) is 10.2. The van der Waals surface area contributed by atoms with Crippen LogP contribution in [0.1, 0.15) is 6.42 Å². The standard InChI is InChI=1S/C28H33N9O2S2/c1-29-26(38)18-6-7-37(16-18)28-32-15-24(41-28)25-20(23-14-30-17-40-23)13-31-27(34-25)33-19-4-5-21(22(12-19)39-3)36-10-8-35(2)9-11-36/h4-5,12-15,17-18H,6-11,16H2,1-3H3,(H,29,38)(H,31,33,34)/t18-/m0/s1. The zero-order valence-corrected chi connectivity index (χ0v) is 25.0. The van der Waals surface area contributed by atoms with Gasteiger partial charge in [0.15, 0.2) is 5.13 Å². The summed E-state index contributed by atoms with van der Waals surface area (Å²) in [4.78, 5) is 39.5.